The Morgan fingerprint density at radius 1 is 0.389 bits per heavy atom. The van der Waals surface area contributed by atoms with E-state index in [1.54, 1.807) is 0 Å². The summed E-state index contributed by atoms with van der Waals surface area (Å²) >= 11 is 0. The molecule has 0 aliphatic heterocycles. The molecule has 0 amide bonds. The molecule has 3 nitrogen and oxygen atoms in total. The zero-order valence-electron chi connectivity index (χ0n) is 15.0. The topological polar surface area (TPSA) is 71.4 Å². The van der Waals surface area contributed by atoms with Gasteiger partial charge < -0.3 is 16.2 Å². The first-order valence-electron chi connectivity index (χ1n) is 5.25. The van der Waals surface area contributed by atoms with Gasteiger partial charge in [-0.3, -0.25) is 0 Å². The Labute approximate surface area is 247 Å². The van der Waals surface area contributed by atoms with E-state index >= 15 is 0 Å². The standard InChI is InChI=1S/3C3H10NSi.3K/c3*1-5(2,3)4;;;/h3*4H,1-3H3;;;/q3*-1;3*+1. The van der Waals surface area contributed by atoms with Gasteiger partial charge in [-0.05, 0) is 0 Å². The van der Waals surface area contributed by atoms with Crippen molar-refractivity contribution in [2.24, 2.45) is 0 Å². The van der Waals surface area contributed by atoms with Crippen LogP contribution in [0.5, 0.6) is 0 Å². The average molecular weight is 382 g/mol. The fourth-order valence-corrected chi connectivity index (χ4v) is 0. The molecular formula is C9H30K3N3Si3. The molecule has 0 rings (SSSR count). The number of hydrogen-bond donors (Lipinski definition) is 0. The van der Waals surface area contributed by atoms with Crippen LogP contribution in [-0.2, 0) is 0 Å². The Bertz CT molecular complexity index is 107. The second-order valence-electron chi connectivity index (χ2n) is 6.75. The summed E-state index contributed by atoms with van der Waals surface area (Å²) in [6.45, 7) is 17.9. The molecule has 0 saturated carbocycles. The van der Waals surface area contributed by atoms with Crippen molar-refractivity contribution in [3.63, 3.8) is 0 Å². The van der Waals surface area contributed by atoms with Crippen LogP contribution in [0.2, 0.25) is 58.9 Å². The Balaban J connectivity index is -0.0000000277. The van der Waals surface area contributed by atoms with Crippen LogP contribution in [0.3, 0.4) is 0 Å². The van der Waals surface area contributed by atoms with Crippen molar-refractivity contribution in [2.45, 2.75) is 58.9 Å². The van der Waals surface area contributed by atoms with Crippen LogP contribution in [0.25, 0.3) is 16.2 Å². The summed E-state index contributed by atoms with van der Waals surface area (Å²) < 4.78 is 0. The Morgan fingerprint density at radius 3 is 0.389 bits per heavy atom. The number of rotatable bonds is 0. The summed E-state index contributed by atoms with van der Waals surface area (Å²) in [6, 6.07) is 0. The van der Waals surface area contributed by atoms with Gasteiger partial charge >= 0.3 is 154 Å². The quantitative estimate of drug-likeness (QED) is 0.393. The van der Waals surface area contributed by atoms with Gasteiger partial charge in [-0.2, -0.15) is 0 Å². The molecule has 0 spiro atoms. The third kappa shape index (κ3) is 303. The largest absolute Gasteiger partial charge is 1.00 e. The van der Waals surface area contributed by atoms with Crippen molar-refractivity contribution in [1.29, 1.82) is 0 Å². The minimum atomic E-state index is -1.36. The van der Waals surface area contributed by atoms with Crippen LogP contribution in [0, 0.1) is 0 Å². The molecule has 0 aromatic rings. The molecule has 0 fully saturated rings. The first kappa shape index (κ1) is 38.8. The number of nitrogens with one attached hydrogen (secondary N) is 3. The molecular weight excluding hydrogens is 352 g/mol. The van der Waals surface area contributed by atoms with Gasteiger partial charge in [0.1, 0.15) is 0 Å². The van der Waals surface area contributed by atoms with Gasteiger partial charge in [-0.25, -0.2) is 0 Å². The van der Waals surface area contributed by atoms with E-state index < -0.39 is 24.7 Å². The van der Waals surface area contributed by atoms with Crippen molar-refractivity contribution >= 4 is 24.7 Å². The maximum atomic E-state index is 7.08. The summed E-state index contributed by atoms with van der Waals surface area (Å²) in [4.78, 5) is 0. The van der Waals surface area contributed by atoms with Crippen LogP contribution < -0.4 is 154 Å². The molecule has 0 unspecified atom stereocenters. The van der Waals surface area contributed by atoms with E-state index in [1.165, 1.54) is 0 Å². The third-order valence-electron chi connectivity index (χ3n) is 0. The van der Waals surface area contributed by atoms with Gasteiger partial charge in [0.2, 0.25) is 0 Å². The molecule has 3 N–H and O–H groups in total. The molecule has 96 valence electrons. The maximum Gasteiger partial charge on any atom is 1.00 e. The molecule has 18 heavy (non-hydrogen) atoms. The van der Waals surface area contributed by atoms with Gasteiger partial charge in [0.15, 0.2) is 0 Å². The normalized spacial score (nSPS) is 10.0. The van der Waals surface area contributed by atoms with Gasteiger partial charge in [0.05, 0.1) is 0 Å². The van der Waals surface area contributed by atoms with Gasteiger partial charge in [0.25, 0.3) is 0 Å². The smallest absolute Gasteiger partial charge is 0.680 e. The summed E-state index contributed by atoms with van der Waals surface area (Å²) in [6.07, 6.45) is 0. The predicted octanol–water partition coefficient (Wildman–Crippen LogP) is -3.37. The van der Waals surface area contributed by atoms with E-state index in [-0.39, 0.29) is 154 Å². The van der Waals surface area contributed by atoms with E-state index in [9.17, 15) is 0 Å². The molecule has 9 heteroatoms. The summed E-state index contributed by atoms with van der Waals surface area (Å²) in [5.74, 6) is 0. The monoisotopic (exact) mass is 381 g/mol. The second kappa shape index (κ2) is 18.8. The molecule has 0 aromatic heterocycles. The Hall–Kier alpha value is 5.44. The fraction of sp³-hybridized carbons (Fsp3) is 1.00. The van der Waals surface area contributed by atoms with Crippen LogP contribution in [0.4, 0.5) is 0 Å². The van der Waals surface area contributed by atoms with Gasteiger partial charge in [-0.15, -0.1) is 0 Å². The van der Waals surface area contributed by atoms with E-state index in [0.717, 1.165) is 0 Å². The van der Waals surface area contributed by atoms with Gasteiger partial charge in [-0.1, -0.05) is 83.6 Å². The molecule has 0 aromatic carbocycles. The van der Waals surface area contributed by atoms with E-state index in [4.69, 9.17) is 16.2 Å². The van der Waals surface area contributed by atoms with Crippen LogP contribution in [0.15, 0.2) is 0 Å². The molecule has 0 aliphatic rings. The summed E-state index contributed by atoms with van der Waals surface area (Å²) in [5.41, 5.74) is 0. The minimum Gasteiger partial charge on any atom is -0.680 e. The molecule has 0 saturated heterocycles. The minimum absolute atomic E-state index is 0. The van der Waals surface area contributed by atoms with E-state index in [2.05, 4.69) is 0 Å². The SMILES string of the molecule is C[Si](C)(C)[NH-].C[Si](C)(C)[NH-].C[Si](C)(C)[NH-].[K+].[K+].[K+]. The van der Waals surface area contributed by atoms with Crippen LogP contribution in [-0.4, -0.2) is 24.7 Å². The molecule has 0 bridgehead atoms. The van der Waals surface area contributed by atoms with Crippen molar-refractivity contribution in [2.75, 3.05) is 0 Å². The van der Waals surface area contributed by atoms with Crippen LogP contribution >= 0.6 is 0 Å². The zero-order valence-corrected chi connectivity index (χ0v) is 27.4. The maximum absolute atomic E-state index is 7.08. The van der Waals surface area contributed by atoms with Gasteiger partial charge in [0, 0.05) is 0 Å². The number of hydrogen-bond acceptors (Lipinski definition) is 0. The van der Waals surface area contributed by atoms with Crippen molar-refractivity contribution in [1.82, 2.24) is 0 Å². The third-order valence-corrected chi connectivity index (χ3v) is 0. The van der Waals surface area contributed by atoms with E-state index in [1.807, 2.05) is 58.9 Å². The first-order chi connectivity index (χ1) is 6.00. The average Bonchev–Trinajstić information content (AvgIpc) is 1.41. The zero-order chi connectivity index (χ0) is 13.5. The summed E-state index contributed by atoms with van der Waals surface area (Å²) in [5, 5.41) is 21.2. The Morgan fingerprint density at radius 2 is 0.389 bits per heavy atom. The predicted molar refractivity (Wildman–Crippen MR) is 83.0 cm³/mol. The fourth-order valence-electron chi connectivity index (χ4n) is 0. The Kier molecular flexibility index (Phi) is 40.5. The molecule has 0 atom stereocenters. The summed E-state index contributed by atoms with van der Waals surface area (Å²) in [7, 11) is -4.08. The second-order valence-corrected chi connectivity index (χ2v) is 20.2. The van der Waals surface area contributed by atoms with Crippen molar-refractivity contribution in [3.8, 4) is 0 Å². The molecule has 0 aliphatic carbocycles. The first-order valence-corrected chi connectivity index (χ1v) is 15.8. The van der Waals surface area contributed by atoms with Crippen LogP contribution in [0.1, 0.15) is 0 Å². The van der Waals surface area contributed by atoms with Crippen molar-refractivity contribution < 1.29 is 154 Å². The molecule has 0 radical (unpaired) electrons. The van der Waals surface area contributed by atoms with Crippen molar-refractivity contribution in [3.05, 3.63) is 16.2 Å². The molecule has 0 heterocycles. The van der Waals surface area contributed by atoms with E-state index in [0.29, 0.717) is 0 Å².